The van der Waals surface area contributed by atoms with E-state index in [4.69, 9.17) is 5.11 Å². The molecule has 0 spiro atoms. The summed E-state index contributed by atoms with van der Waals surface area (Å²) in [7, 11) is -3.92. The highest BCUT2D eigenvalue weighted by atomic mass is 32.2. The van der Waals surface area contributed by atoms with Crippen LogP contribution in [0.15, 0.2) is 18.2 Å². The minimum Gasteiger partial charge on any atom is -0.505 e. The van der Waals surface area contributed by atoms with E-state index < -0.39 is 39.0 Å². The van der Waals surface area contributed by atoms with E-state index in [1.165, 1.54) is 12.1 Å². The Morgan fingerprint density at radius 3 is 2.57 bits per heavy atom. The van der Waals surface area contributed by atoms with Crippen molar-refractivity contribution < 1.29 is 33.0 Å². The molecule has 0 aliphatic rings. The topological polar surface area (TPSA) is 130 Å². The van der Waals surface area contributed by atoms with Gasteiger partial charge >= 0.3 is 11.9 Å². The zero-order valence-electron chi connectivity index (χ0n) is 11.2. The van der Waals surface area contributed by atoms with Gasteiger partial charge in [-0.15, -0.1) is 0 Å². The van der Waals surface area contributed by atoms with Crippen LogP contribution in [0.2, 0.25) is 0 Å². The van der Waals surface area contributed by atoms with Crippen LogP contribution < -0.4 is 4.72 Å². The molecule has 0 aliphatic heterocycles. The van der Waals surface area contributed by atoms with Gasteiger partial charge in [-0.25, -0.2) is 13.2 Å². The van der Waals surface area contributed by atoms with Gasteiger partial charge in [0, 0.05) is 0 Å². The molecule has 0 saturated carbocycles. The van der Waals surface area contributed by atoms with Crippen molar-refractivity contribution in [3.05, 3.63) is 23.8 Å². The third-order valence-electron chi connectivity index (χ3n) is 2.41. The average molecular weight is 317 g/mol. The fraction of sp³-hybridized carbons (Fsp3) is 0.333. The lowest BCUT2D eigenvalue weighted by Gasteiger charge is -2.10. The smallest absolute Gasteiger partial charge is 0.339 e. The number of carbonyl (C=O) groups is 2. The third-order valence-corrected chi connectivity index (χ3v) is 3.68. The highest BCUT2D eigenvalue weighted by molar-refractivity contribution is 7.92. The Balaban J connectivity index is 2.83. The van der Waals surface area contributed by atoms with E-state index in [1.807, 2.05) is 4.72 Å². The molecule has 0 atom stereocenters. The van der Waals surface area contributed by atoms with Crippen LogP contribution in [0, 0.1) is 0 Å². The Bertz CT molecular complexity index is 639. The molecule has 1 aromatic carbocycles. The molecular weight excluding hydrogens is 302 g/mol. The third kappa shape index (κ3) is 4.95. The predicted octanol–water partition coefficient (Wildman–Crippen LogP) is 0.785. The minimum absolute atomic E-state index is 0.147. The summed E-state index contributed by atoms with van der Waals surface area (Å²) in [5, 5.41) is 18.5. The number of nitrogens with one attached hydrogen (secondary N) is 1. The number of carboxylic acid groups (broad SMARTS) is 1. The number of phenols is 1. The summed E-state index contributed by atoms with van der Waals surface area (Å²) in [4.78, 5) is 21.9. The van der Waals surface area contributed by atoms with E-state index >= 15 is 0 Å². The summed E-state index contributed by atoms with van der Waals surface area (Å²) >= 11 is 0. The Labute approximate surface area is 121 Å². The molecule has 116 valence electrons. The van der Waals surface area contributed by atoms with Gasteiger partial charge in [-0.3, -0.25) is 9.52 Å². The second-order valence-electron chi connectivity index (χ2n) is 3.98. The molecule has 0 unspecified atom stereocenters. The molecule has 1 rings (SSSR count). The lowest BCUT2D eigenvalue weighted by Crippen LogP contribution is -2.20. The predicted molar refractivity (Wildman–Crippen MR) is 73.7 cm³/mol. The highest BCUT2D eigenvalue weighted by Gasteiger charge is 2.18. The van der Waals surface area contributed by atoms with Gasteiger partial charge in [-0.05, 0) is 19.1 Å². The number of hydrogen-bond donors (Lipinski definition) is 3. The molecule has 0 saturated heterocycles. The summed E-state index contributed by atoms with van der Waals surface area (Å²) in [6, 6.07) is 3.63. The van der Waals surface area contributed by atoms with Crippen LogP contribution in [0.4, 0.5) is 5.69 Å². The number of sulfonamides is 1. The second-order valence-corrected chi connectivity index (χ2v) is 5.82. The standard InChI is InChI=1S/C12H15NO7S/c1-2-20-10(14)6-7-21(18,19)13-9-5-3-4-8(11(9)15)12(16)17/h3-5,13,15H,2,6-7H2,1H3,(H,16,17). The molecule has 0 radical (unpaired) electrons. The van der Waals surface area contributed by atoms with Crippen LogP contribution in [0.1, 0.15) is 23.7 Å². The van der Waals surface area contributed by atoms with E-state index in [0.717, 1.165) is 6.07 Å². The van der Waals surface area contributed by atoms with E-state index in [9.17, 15) is 23.1 Å². The van der Waals surface area contributed by atoms with Gasteiger partial charge in [0.25, 0.3) is 0 Å². The number of esters is 1. The molecule has 0 heterocycles. The molecule has 8 nitrogen and oxygen atoms in total. The van der Waals surface area contributed by atoms with Crippen molar-refractivity contribution >= 4 is 27.6 Å². The first-order valence-corrected chi connectivity index (χ1v) is 7.63. The van der Waals surface area contributed by atoms with Crippen molar-refractivity contribution in [1.82, 2.24) is 0 Å². The van der Waals surface area contributed by atoms with Crippen molar-refractivity contribution in [2.45, 2.75) is 13.3 Å². The molecule has 9 heteroatoms. The van der Waals surface area contributed by atoms with Crippen molar-refractivity contribution in [3.8, 4) is 5.75 Å². The summed E-state index contributed by atoms with van der Waals surface area (Å²) in [6.07, 6.45) is -0.345. The molecule has 0 amide bonds. The summed E-state index contributed by atoms with van der Waals surface area (Å²) < 4.78 is 30.2. The summed E-state index contributed by atoms with van der Waals surface area (Å²) in [6.45, 7) is 1.74. The summed E-state index contributed by atoms with van der Waals surface area (Å²) in [5.74, 6) is -3.28. The fourth-order valence-corrected chi connectivity index (χ4v) is 2.51. The van der Waals surface area contributed by atoms with Crippen molar-refractivity contribution in [2.75, 3.05) is 17.1 Å². The summed E-state index contributed by atoms with van der Waals surface area (Å²) in [5.41, 5.74) is -0.695. The fourth-order valence-electron chi connectivity index (χ4n) is 1.47. The number of carboxylic acids is 1. The highest BCUT2D eigenvalue weighted by Crippen LogP contribution is 2.28. The number of carbonyl (C=O) groups excluding carboxylic acids is 1. The lowest BCUT2D eigenvalue weighted by molar-refractivity contribution is -0.142. The van der Waals surface area contributed by atoms with Crippen LogP contribution >= 0.6 is 0 Å². The van der Waals surface area contributed by atoms with E-state index in [2.05, 4.69) is 4.74 Å². The Hall–Kier alpha value is -2.29. The monoisotopic (exact) mass is 317 g/mol. The van der Waals surface area contributed by atoms with Crippen molar-refractivity contribution in [2.24, 2.45) is 0 Å². The van der Waals surface area contributed by atoms with Crippen LogP contribution in [-0.2, 0) is 19.6 Å². The van der Waals surface area contributed by atoms with Gasteiger partial charge in [0.05, 0.1) is 24.5 Å². The number of ether oxygens (including phenoxy) is 1. The quantitative estimate of drug-likeness (QED) is 0.500. The van der Waals surface area contributed by atoms with Gasteiger partial charge in [0.15, 0.2) is 5.75 Å². The normalized spacial score (nSPS) is 10.9. The van der Waals surface area contributed by atoms with Crippen LogP contribution in [0.25, 0.3) is 0 Å². The molecule has 0 fully saturated rings. The maximum Gasteiger partial charge on any atom is 0.339 e. The largest absolute Gasteiger partial charge is 0.505 e. The number of para-hydroxylation sites is 1. The number of hydrogen-bond acceptors (Lipinski definition) is 6. The van der Waals surface area contributed by atoms with Crippen molar-refractivity contribution in [1.29, 1.82) is 0 Å². The maximum absolute atomic E-state index is 11.8. The maximum atomic E-state index is 11.8. The first-order valence-electron chi connectivity index (χ1n) is 5.98. The zero-order valence-corrected chi connectivity index (χ0v) is 12.0. The van der Waals surface area contributed by atoms with E-state index in [-0.39, 0.29) is 18.7 Å². The van der Waals surface area contributed by atoms with Gasteiger partial charge in [-0.2, -0.15) is 0 Å². The lowest BCUT2D eigenvalue weighted by atomic mass is 10.2. The second kappa shape index (κ2) is 6.93. The molecule has 0 aromatic heterocycles. The molecular formula is C12H15NO7S. The first kappa shape index (κ1) is 16.8. The molecule has 21 heavy (non-hydrogen) atoms. The van der Waals surface area contributed by atoms with Gasteiger partial charge in [0.1, 0.15) is 5.56 Å². The van der Waals surface area contributed by atoms with Gasteiger partial charge in [0.2, 0.25) is 10.0 Å². The first-order chi connectivity index (χ1) is 9.76. The molecule has 0 bridgehead atoms. The molecule has 3 N–H and O–H groups in total. The minimum atomic E-state index is -3.92. The zero-order chi connectivity index (χ0) is 16.0. The van der Waals surface area contributed by atoms with E-state index in [1.54, 1.807) is 6.92 Å². The number of anilines is 1. The van der Waals surface area contributed by atoms with Gasteiger partial charge < -0.3 is 14.9 Å². The average Bonchev–Trinajstić information content (AvgIpc) is 2.39. The Morgan fingerprint density at radius 2 is 2.00 bits per heavy atom. The number of benzene rings is 1. The molecule has 0 aliphatic carbocycles. The van der Waals surface area contributed by atoms with Crippen molar-refractivity contribution in [3.63, 3.8) is 0 Å². The van der Waals surface area contributed by atoms with Crippen LogP contribution in [0.3, 0.4) is 0 Å². The Morgan fingerprint density at radius 1 is 1.33 bits per heavy atom. The van der Waals surface area contributed by atoms with Gasteiger partial charge in [-0.1, -0.05) is 6.07 Å². The Kier molecular flexibility index (Phi) is 5.53. The van der Waals surface area contributed by atoms with E-state index in [0.29, 0.717) is 0 Å². The molecule has 1 aromatic rings. The number of aromatic carboxylic acids is 1. The SMILES string of the molecule is CCOC(=O)CCS(=O)(=O)Nc1cccc(C(=O)O)c1O. The number of aromatic hydroxyl groups is 1. The van der Waals surface area contributed by atoms with Crippen LogP contribution in [-0.4, -0.2) is 42.9 Å². The number of rotatable bonds is 7. The van der Waals surface area contributed by atoms with Crippen LogP contribution in [0.5, 0.6) is 5.75 Å².